The Morgan fingerprint density at radius 3 is 2.53 bits per heavy atom. The van der Waals surface area contributed by atoms with Crippen LogP contribution in [0.5, 0.6) is 0 Å². The van der Waals surface area contributed by atoms with Gasteiger partial charge in [-0.25, -0.2) is 0 Å². The summed E-state index contributed by atoms with van der Waals surface area (Å²) in [7, 11) is 0. The number of ketones is 1. The van der Waals surface area contributed by atoms with Gasteiger partial charge in [-0.15, -0.1) is 0 Å². The minimum Gasteiger partial charge on any atom is -0.295 e. The number of hydrogen-bond donors (Lipinski definition) is 0. The van der Waals surface area contributed by atoms with Crippen LogP contribution in [-0.4, -0.2) is 5.78 Å². The summed E-state index contributed by atoms with van der Waals surface area (Å²) in [5.74, 6) is 0.812. The van der Waals surface area contributed by atoms with E-state index in [0.29, 0.717) is 12.3 Å². The highest BCUT2D eigenvalue weighted by Crippen LogP contribution is 2.06. The van der Waals surface area contributed by atoms with E-state index in [4.69, 9.17) is 0 Å². The molecule has 80 valence electrons. The molecule has 0 atom stereocenters. The van der Waals surface area contributed by atoms with E-state index in [1.807, 2.05) is 36.4 Å². The molecule has 0 radical (unpaired) electrons. The maximum absolute atomic E-state index is 11.4. The number of allylic oxidation sites excluding steroid dienone is 1. The summed E-state index contributed by atoms with van der Waals surface area (Å²) >= 11 is 0. The van der Waals surface area contributed by atoms with Crippen molar-refractivity contribution < 1.29 is 4.79 Å². The third-order valence-corrected chi connectivity index (χ3v) is 2.23. The molecule has 0 aliphatic carbocycles. The Balaban J connectivity index is 2.41. The van der Waals surface area contributed by atoms with E-state index in [1.165, 1.54) is 0 Å². The smallest absolute Gasteiger partial charge is 0.155 e. The molecule has 0 N–H and O–H groups in total. The van der Waals surface area contributed by atoms with Crippen LogP contribution in [0.1, 0.15) is 32.3 Å². The number of hydrogen-bond acceptors (Lipinski definition) is 1. The van der Waals surface area contributed by atoms with Crippen molar-refractivity contribution in [1.82, 2.24) is 0 Å². The van der Waals surface area contributed by atoms with E-state index in [1.54, 1.807) is 6.08 Å². The highest BCUT2D eigenvalue weighted by molar-refractivity contribution is 5.93. The molecule has 0 heterocycles. The first-order valence-corrected chi connectivity index (χ1v) is 5.44. The van der Waals surface area contributed by atoms with Gasteiger partial charge in [0.1, 0.15) is 0 Å². The quantitative estimate of drug-likeness (QED) is 0.665. The fraction of sp³-hybridized carbons (Fsp3) is 0.357. The van der Waals surface area contributed by atoms with Gasteiger partial charge in [-0.05, 0) is 24.0 Å². The van der Waals surface area contributed by atoms with Crippen molar-refractivity contribution in [2.45, 2.75) is 26.7 Å². The van der Waals surface area contributed by atoms with Crippen LogP contribution in [0, 0.1) is 5.92 Å². The fourth-order valence-electron chi connectivity index (χ4n) is 1.27. The summed E-state index contributed by atoms with van der Waals surface area (Å²) in [5.41, 5.74) is 1.08. The summed E-state index contributed by atoms with van der Waals surface area (Å²) in [6, 6.07) is 9.90. The van der Waals surface area contributed by atoms with E-state index in [-0.39, 0.29) is 5.78 Å². The zero-order valence-electron chi connectivity index (χ0n) is 9.44. The molecular weight excluding hydrogens is 184 g/mol. The Morgan fingerprint density at radius 1 is 1.27 bits per heavy atom. The Kier molecular flexibility index (Phi) is 4.82. The molecule has 0 aromatic heterocycles. The maximum Gasteiger partial charge on any atom is 0.155 e. The third-order valence-electron chi connectivity index (χ3n) is 2.23. The number of carbonyl (C=O) groups is 1. The highest BCUT2D eigenvalue weighted by Gasteiger charge is 1.99. The van der Waals surface area contributed by atoms with Gasteiger partial charge in [0.25, 0.3) is 0 Å². The molecule has 0 aliphatic rings. The van der Waals surface area contributed by atoms with Gasteiger partial charge in [-0.2, -0.15) is 0 Å². The van der Waals surface area contributed by atoms with Gasteiger partial charge in [-0.3, -0.25) is 4.79 Å². The first-order chi connectivity index (χ1) is 7.18. The van der Waals surface area contributed by atoms with E-state index in [0.717, 1.165) is 12.0 Å². The summed E-state index contributed by atoms with van der Waals surface area (Å²) in [4.78, 5) is 11.4. The van der Waals surface area contributed by atoms with Crippen LogP contribution in [0.25, 0.3) is 6.08 Å². The molecule has 1 aromatic carbocycles. The standard InChI is InChI=1S/C14H18O/c1-12(2)8-10-14(15)11-9-13-6-4-3-5-7-13/h3-7,9,11-12H,8,10H2,1-2H3/b11-9+. The summed E-state index contributed by atoms with van der Waals surface area (Å²) < 4.78 is 0. The molecule has 0 saturated heterocycles. The van der Waals surface area contributed by atoms with E-state index in [2.05, 4.69) is 13.8 Å². The van der Waals surface area contributed by atoms with Crippen molar-refractivity contribution in [3.05, 3.63) is 42.0 Å². The van der Waals surface area contributed by atoms with Gasteiger partial charge >= 0.3 is 0 Å². The minimum absolute atomic E-state index is 0.215. The SMILES string of the molecule is CC(C)CCC(=O)/C=C/c1ccccc1. The predicted molar refractivity (Wildman–Crippen MR) is 64.6 cm³/mol. The van der Waals surface area contributed by atoms with E-state index in [9.17, 15) is 4.79 Å². The van der Waals surface area contributed by atoms with Crippen LogP contribution in [0.4, 0.5) is 0 Å². The molecule has 1 aromatic rings. The van der Waals surface area contributed by atoms with Crippen molar-refractivity contribution >= 4 is 11.9 Å². The Labute approximate surface area is 91.8 Å². The molecule has 1 rings (SSSR count). The molecule has 0 aliphatic heterocycles. The van der Waals surface area contributed by atoms with Crippen LogP contribution in [0.2, 0.25) is 0 Å². The second-order valence-electron chi connectivity index (χ2n) is 4.14. The molecule has 0 spiro atoms. The lowest BCUT2D eigenvalue weighted by atomic mass is 10.1. The van der Waals surface area contributed by atoms with Crippen LogP contribution >= 0.6 is 0 Å². The Morgan fingerprint density at radius 2 is 1.93 bits per heavy atom. The Hall–Kier alpha value is -1.37. The lowest BCUT2D eigenvalue weighted by Crippen LogP contribution is -1.96. The maximum atomic E-state index is 11.4. The second-order valence-corrected chi connectivity index (χ2v) is 4.14. The van der Waals surface area contributed by atoms with Gasteiger partial charge in [0.15, 0.2) is 5.78 Å². The van der Waals surface area contributed by atoms with Gasteiger partial charge in [0.2, 0.25) is 0 Å². The van der Waals surface area contributed by atoms with Crippen molar-refractivity contribution in [3.63, 3.8) is 0 Å². The van der Waals surface area contributed by atoms with Crippen LogP contribution in [-0.2, 0) is 4.79 Å². The molecule has 1 heteroatoms. The summed E-state index contributed by atoms with van der Waals surface area (Å²) in [6.07, 6.45) is 5.18. The summed E-state index contributed by atoms with van der Waals surface area (Å²) in [6.45, 7) is 4.27. The fourth-order valence-corrected chi connectivity index (χ4v) is 1.27. The zero-order chi connectivity index (χ0) is 11.1. The lowest BCUT2D eigenvalue weighted by Gasteiger charge is -2.00. The largest absolute Gasteiger partial charge is 0.295 e. The topological polar surface area (TPSA) is 17.1 Å². The molecule has 0 saturated carbocycles. The molecule has 0 unspecified atom stereocenters. The first kappa shape index (κ1) is 11.7. The van der Waals surface area contributed by atoms with E-state index < -0.39 is 0 Å². The first-order valence-electron chi connectivity index (χ1n) is 5.44. The van der Waals surface area contributed by atoms with Crippen molar-refractivity contribution in [2.24, 2.45) is 5.92 Å². The van der Waals surface area contributed by atoms with Crippen LogP contribution in [0.15, 0.2) is 36.4 Å². The molecule has 1 nitrogen and oxygen atoms in total. The van der Waals surface area contributed by atoms with Crippen molar-refractivity contribution in [2.75, 3.05) is 0 Å². The molecule has 15 heavy (non-hydrogen) atoms. The van der Waals surface area contributed by atoms with Crippen molar-refractivity contribution in [3.8, 4) is 0 Å². The van der Waals surface area contributed by atoms with Gasteiger partial charge in [0.05, 0.1) is 0 Å². The monoisotopic (exact) mass is 202 g/mol. The van der Waals surface area contributed by atoms with Crippen LogP contribution < -0.4 is 0 Å². The van der Waals surface area contributed by atoms with Gasteiger partial charge in [-0.1, -0.05) is 50.3 Å². The number of carbonyl (C=O) groups excluding carboxylic acids is 1. The normalized spacial score (nSPS) is 11.1. The highest BCUT2D eigenvalue weighted by atomic mass is 16.1. The lowest BCUT2D eigenvalue weighted by molar-refractivity contribution is -0.114. The number of benzene rings is 1. The molecular formula is C14H18O. The van der Waals surface area contributed by atoms with Gasteiger partial charge in [0, 0.05) is 6.42 Å². The van der Waals surface area contributed by atoms with Crippen LogP contribution in [0.3, 0.4) is 0 Å². The minimum atomic E-state index is 0.215. The average molecular weight is 202 g/mol. The summed E-state index contributed by atoms with van der Waals surface area (Å²) in [5, 5.41) is 0. The third kappa shape index (κ3) is 5.16. The predicted octanol–water partition coefficient (Wildman–Crippen LogP) is 3.71. The van der Waals surface area contributed by atoms with E-state index >= 15 is 0 Å². The molecule has 0 fully saturated rings. The van der Waals surface area contributed by atoms with Gasteiger partial charge < -0.3 is 0 Å². The van der Waals surface area contributed by atoms with Crippen molar-refractivity contribution in [1.29, 1.82) is 0 Å². The Bertz CT molecular complexity index is 322. The number of rotatable bonds is 5. The zero-order valence-corrected chi connectivity index (χ0v) is 9.44. The molecule has 0 amide bonds. The average Bonchev–Trinajstić information content (AvgIpc) is 2.25. The molecule has 0 bridgehead atoms. The second kappa shape index (κ2) is 6.18.